The van der Waals surface area contributed by atoms with E-state index >= 15 is 0 Å². The van der Waals surface area contributed by atoms with Gasteiger partial charge in [-0.05, 0) is 43.4 Å². The van der Waals surface area contributed by atoms with Gasteiger partial charge in [0.15, 0.2) is 6.54 Å². The second kappa shape index (κ2) is 9.50. The van der Waals surface area contributed by atoms with Gasteiger partial charge in [0, 0.05) is 16.1 Å². The van der Waals surface area contributed by atoms with Crippen molar-refractivity contribution in [1.82, 2.24) is 0 Å². The second-order valence-corrected chi connectivity index (χ2v) is 6.94. The fourth-order valence-corrected chi connectivity index (χ4v) is 3.17. The molecule has 4 heteroatoms. The number of amides is 1. The standard InChI is InChI=1S/C20H26N2OS/c1-4-13-22(14-17-9-11-18(24-3)12-10-17)15-20(23)21-19-8-6-5-7-16(19)2/h5-12H,4,13-15H2,1-3H3,(H,21,23)/p+1. The van der Waals surface area contributed by atoms with Crippen molar-refractivity contribution in [2.24, 2.45) is 0 Å². The van der Waals surface area contributed by atoms with Gasteiger partial charge in [-0.3, -0.25) is 4.79 Å². The molecule has 2 aromatic carbocycles. The van der Waals surface area contributed by atoms with E-state index in [1.165, 1.54) is 15.4 Å². The van der Waals surface area contributed by atoms with Gasteiger partial charge >= 0.3 is 0 Å². The van der Waals surface area contributed by atoms with Gasteiger partial charge < -0.3 is 10.2 Å². The molecule has 128 valence electrons. The maximum absolute atomic E-state index is 12.4. The Labute approximate surface area is 149 Å². The number of carbonyl (C=O) groups excluding carboxylic acids is 1. The zero-order valence-electron chi connectivity index (χ0n) is 14.8. The maximum atomic E-state index is 12.4. The molecule has 0 saturated heterocycles. The molecule has 0 fully saturated rings. The second-order valence-electron chi connectivity index (χ2n) is 6.06. The third-order valence-corrected chi connectivity index (χ3v) is 4.79. The number of benzene rings is 2. The number of rotatable bonds is 8. The molecule has 2 N–H and O–H groups in total. The minimum absolute atomic E-state index is 0.0773. The molecule has 0 aliphatic rings. The lowest BCUT2D eigenvalue weighted by atomic mass is 10.2. The highest BCUT2D eigenvalue weighted by Gasteiger charge is 2.15. The van der Waals surface area contributed by atoms with Crippen molar-refractivity contribution in [3.8, 4) is 0 Å². The Balaban J connectivity index is 1.96. The first-order valence-electron chi connectivity index (χ1n) is 8.44. The van der Waals surface area contributed by atoms with Crippen molar-refractivity contribution in [2.75, 3.05) is 24.7 Å². The minimum Gasteiger partial charge on any atom is -0.323 e. The van der Waals surface area contributed by atoms with Gasteiger partial charge in [-0.25, -0.2) is 0 Å². The van der Waals surface area contributed by atoms with E-state index < -0.39 is 0 Å². The van der Waals surface area contributed by atoms with Crippen molar-refractivity contribution in [1.29, 1.82) is 0 Å². The van der Waals surface area contributed by atoms with Gasteiger partial charge in [0.2, 0.25) is 0 Å². The number of hydrogen-bond acceptors (Lipinski definition) is 2. The van der Waals surface area contributed by atoms with E-state index in [1.54, 1.807) is 11.8 Å². The highest BCUT2D eigenvalue weighted by molar-refractivity contribution is 7.98. The summed E-state index contributed by atoms with van der Waals surface area (Å²) in [7, 11) is 0. The minimum atomic E-state index is 0.0773. The summed E-state index contributed by atoms with van der Waals surface area (Å²) in [6.45, 7) is 6.54. The van der Waals surface area contributed by atoms with Crippen LogP contribution in [0.3, 0.4) is 0 Å². The van der Waals surface area contributed by atoms with Gasteiger partial charge in [-0.1, -0.05) is 37.3 Å². The molecule has 0 aliphatic carbocycles. The highest BCUT2D eigenvalue weighted by atomic mass is 32.2. The average molecular weight is 344 g/mol. The molecule has 0 saturated carbocycles. The first kappa shape index (κ1) is 18.6. The third kappa shape index (κ3) is 5.69. The Morgan fingerprint density at radius 1 is 1.12 bits per heavy atom. The van der Waals surface area contributed by atoms with Gasteiger partial charge in [-0.15, -0.1) is 11.8 Å². The van der Waals surface area contributed by atoms with E-state index in [9.17, 15) is 4.79 Å². The normalized spacial score (nSPS) is 12.0. The molecule has 0 radical (unpaired) electrons. The van der Waals surface area contributed by atoms with Gasteiger partial charge in [0.05, 0.1) is 6.54 Å². The molecule has 0 bridgehead atoms. The first-order chi connectivity index (χ1) is 11.6. The van der Waals surface area contributed by atoms with Crippen LogP contribution < -0.4 is 10.2 Å². The van der Waals surface area contributed by atoms with Crippen LogP contribution in [0.1, 0.15) is 24.5 Å². The molecular formula is C20H27N2OS+. The molecule has 1 amide bonds. The molecule has 1 unspecified atom stereocenters. The molecule has 2 rings (SSSR count). The summed E-state index contributed by atoms with van der Waals surface area (Å²) in [4.78, 5) is 15.0. The van der Waals surface area contributed by atoms with Crippen LogP contribution in [0, 0.1) is 6.92 Å². The number of anilines is 1. The summed E-state index contributed by atoms with van der Waals surface area (Å²) in [5.41, 5.74) is 3.28. The molecule has 0 spiro atoms. The Kier molecular flexibility index (Phi) is 7.35. The van der Waals surface area contributed by atoms with Gasteiger partial charge in [0.1, 0.15) is 6.54 Å². The number of carbonyl (C=O) groups is 1. The summed E-state index contributed by atoms with van der Waals surface area (Å²) >= 11 is 1.75. The Bertz CT molecular complexity index is 655. The maximum Gasteiger partial charge on any atom is 0.279 e. The van der Waals surface area contributed by atoms with E-state index in [2.05, 4.69) is 42.8 Å². The number of quaternary nitrogens is 1. The van der Waals surface area contributed by atoms with E-state index in [1.807, 2.05) is 31.2 Å². The van der Waals surface area contributed by atoms with Crippen LogP contribution in [0.2, 0.25) is 0 Å². The molecule has 3 nitrogen and oxygen atoms in total. The molecule has 0 aromatic heterocycles. The summed E-state index contributed by atoms with van der Waals surface area (Å²) in [5, 5.41) is 3.04. The first-order valence-corrected chi connectivity index (χ1v) is 9.66. The summed E-state index contributed by atoms with van der Waals surface area (Å²) in [6, 6.07) is 16.5. The van der Waals surface area contributed by atoms with Crippen LogP contribution in [-0.2, 0) is 11.3 Å². The topological polar surface area (TPSA) is 33.5 Å². The molecule has 0 heterocycles. The third-order valence-electron chi connectivity index (χ3n) is 4.05. The Hall–Kier alpha value is -1.78. The van der Waals surface area contributed by atoms with E-state index in [0.29, 0.717) is 6.54 Å². The lowest BCUT2D eigenvalue weighted by Crippen LogP contribution is -3.11. The van der Waals surface area contributed by atoms with Crippen LogP contribution in [0.25, 0.3) is 0 Å². The number of thioether (sulfide) groups is 1. The lowest BCUT2D eigenvalue weighted by Gasteiger charge is -2.19. The van der Waals surface area contributed by atoms with Crippen LogP contribution in [0.5, 0.6) is 0 Å². The summed E-state index contributed by atoms with van der Waals surface area (Å²) in [6.07, 6.45) is 3.15. The zero-order chi connectivity index (χ0) is 17.4. The monoisotopic (exact) mass is 343 g/mol. The van der Waals surface area contributed by atoms with Crippen molar-refractivity contribution < 1.29 is 9.69 Å². The van der Waals surface area contributed by atoms with Crippen molar-refractivity contribution in [3.05, 3.63) is 59.7 Å². The number of aryl methyl sites for hydroxylation is 1. The molecule has 0 aliphatic heterocycles. The highest BCUT2D eigenvalue weighted by Crippen LogP contribution is 2.14. The van der Waals surface area contributed by atoms with Crippen LogP contribution in [0.4, 0.5) is 5.69 Å². The lowest BCUT2D eigenvalue weighted by molar-refractivity contribution is -0.905. The van der Waals surface area contributed by atoms with Crippen LogP contribution in [-0.4, -0.2) is 25.3 Å². The zero-order valence-corrected chi connectivity index (χ0v) is 15.6. The van der Waals surface area contributed by atoms with Gasteiger partial charge in [-0.2, -0.15) is 0 Å². The van der Waals surface area contributed by atoms with Gasteiger partial charge in [0.25, 0.3) is 5.91 Å². The number of hydrogen-bond donors (Lipinski definition) is 2. The average Bonchev–Trinajstić information content (AvgIpc) is 2.58. The van der Waals surface area contributed by atoms with Crippen molar-refractivity contribution in [3.63, 3.8) is 0 Å². The summed E-state index contributed by atoms with van der Waals surface area (Å²) in [5.74, 6) is 0.0773. The van der Waals surface area contributed by atoms with E-state index in [4.69, 9.17) is 0 Å². The smallest absolute Gasteiger partial charge is 0.279 e. The predicted molar refractivity (Wildman–Crippen MR) is 103 cm³/mol. The van der Waals surface area contributed by atoms with Crippen LogP contribution in [0.15, 0.2) is 53.4 Å². The van der Waals surface area contributed by atoms with Crippen LogP contribution >= 0.6 is 11.8 Å². The molecule has 2 aromatic rings. The van der Waals surface area contributed by atoms with E-state index in [0.717, 1.165) is 30.8 Å². The quantitative estimate of drug-likeness (QED) is 0.722. The SMILES string of the molecule is CCC[NH+](CC(=O)Nc1ccccc1C)Cc1ccc(SC)cc1. The number of para-hydroxylation sites is 1. The largest absolute Gasteiger partial charge is 0.323 e. The summed E-state index contributed by atoms with van der Waals surface area (Å²) < 4.78 is 0. The molecular weight excluding hydrogens is 316 g/mol. The predicted octanol–water partition coefficient (Wildman–Crippen LogP) is 3.15. The van der Waals surface area contributed by atoms with E-state index in [-0.39, 0.29) is 5.91 Å². The fraction of sp³-hybridized carbons (Fsp3) is 0.350. The Morgan fingerprint density at radius 2 is 1.83 bits per heavy atom. The fourth-order valence-electron chi connectivity index (χ4n) is 2.76. The molecule has 24 heavy (non-hydrogen) atoms. The molecule has 1 atom stereocenters. The Morgan fingerprint density at radius 3 is 2.46 bits per heavy atom. The number of nitrogens with one attached hydrogen (secondary N) is 2. The van der Waals surface area contributed by atoms with Crippen molar-refractivity contribution in [2.45, 2.75) is 31.7 Å². The van der Waals surface area contributed by atoms with Crippen molar-refractivity contribution >= 4 is 23.4 Å².